The number of methoxy groups -OCH3 is 1. The molecule has 3 aliphatic rings. The van der Waals surface area contributed by atoms with Gasteiger partial charge in [-0.2, -0.15) is 0 Å². The molecular weight excluding hydrogens is 308 g/mol. The number of fused-ring (bicyclic) bond motifs is 2. The Kier molecular flexibility index (Phi) is 5.54. The van der Waals surface area contributed by atoms with Gasteiger partial charge < -0.3 is 39.0 Å². The van der Waals surface area contributed by atoms with E-state index in [0.717, 1.165) is 6.42 Å². The summed E-state index contributed by atoms with van der Waals surface area (Å²) in [5, 5.41) is 28.7. The van der Waals surface area contributed by atoms with Crippen molar-refractivity contribution in [2.75, 3.05) is 13.7 Å². The van der Waals surface area contributed by atoms with E-state index in [1.165, 1.54) is 0 Å². The average Bonchev–Trinajstić information content (AvgIpc) is 2.45. The summed E-state index contributed by atoms with van der Waals surface area (Å²) in [6, 6.07) is 0. The van der Waals surface area contributed by atoms with E-state index < -0.39 is 24.5 Å². The fourth-order valence-electron chi connectivity index (χ4n) is 3.65. The molecule has 0 aromatic carbocycles. The molecule has 3 saturated heterocycles. The van der Waals surface area contributed by atoms with Crippen LogP contribution in [0.3, 0.4) is 0 Å². The summed E-state index contributed by atoms with van der Waals surface area (Å²) in [4.78, 5) is 0. The first-order chi connectivity index (χ1) is 11.0. The smallest absolute Gasteiger partial charge is 0.176 e. The Bertz CT molecular complexity index is 378. The Morgan fingerprint density at radius 3 is 2.65 bits per heavy atom. The van der Waals surface area contributed by atoms with Crippen molar-refractivity contribution in [3.8, 4) is 0 Å². The lowest BCUT2D eigenvalue weighted by Crippen LogP contribution is -2.58. The third kappa shape index (κ3) is 4.21. The van der Waals surface area contributed by atoms with E-state index in [2.05, 4.69) is 0 Å². The highest BCUT2D eigenvalue weighted by Gasteiger charge is 2.51. The molecule has 0 saturated carbocycles. The molecule has 3 heterocycles. The minimum Gasteiger partial charge on any atom is -0.396 e. The summed E-state index contributed by atoms with van der Waals surface area (Å²) < 4.78 is 28.5. The van der Waals surface area contributed by atoms with Crippen LogP contribution in [0.5, 0.6) is 0 Å². The lowest BCUT2D eigenvalue weighted by atomic mass is 9.88. The van der Waals surface area contributed by atoms with Gasteiger partial charge in [-0.25, -0.2) is 0 Å². The first-order valence-electron chi connectivity index (χ1n) is 8.18. The van der Waals surface area contributed by atoms with E-state index in [4.69, 9.17) is 28.8 Å². The highest BCUT2D eigenvalue weighted by Crippen LogP contribution is 2.44. The molecule has 0 amide bonds. The van der Waals surface area contributed by atoms with Crippen LogP contribution < -0.4 is 0 Å². The predicted molar refractivity (Wildman–Crippen MR) is 76.0 cm³/mol. The monoisotopic (exact) mass is 334 g/mol. The molecule has 23 heavy (non-hydrogen) atoms. The molecular formula is C15H26O8. The second-order valence-corrected chi connectivity index (χ2v) is 6.49. The van der Waals surface area contributed by atoms with Crippen LogP contribution in [0.1, 0.15) is 38.5 Å². The quantitative estimate of drug-likeness (QED) is 0.595. The van der Waals surface area contributed by atoms with Crippen LogP contribution in [0.4, 0.5) is 0 Å². The summed E-state index contributed by atoms with van der Waals surface area (Å²) in [6.07, 6.45) is -0.378. The van der Waals surface area contributed by atoms with E-state index in [9.17, 15) is 10.2 Å². The molecule has 1 unspecified atom stereocenters. The molecule has 2 bridgehead atoms. The summed E-state index contributed by atoms with van der Waals surface area (Å²) in [5.41, 5.74) is 0. The van der Waals surface area contributed by atoms with Crippen molar-refractivity contribution >= 4 is 0 Å². The summed E-state index contributed by atoms with van der Waals surface area (Å²) in [7, 11) is 1.61. The first-order valence-corrected chi connectivity index (χ1v) is 8.18. The van der Waals surface area contributed by atoms with Crippen molar-refractivity contribution in [3.05, 3.63) is 0 Å². The highest BCUT2D eigenvalue weighted by molar-refractivity contribution is 4.92. The topological polar surface area (TPSA) is 107 Å². The van der Waals surface area contributed by atoms with Crippen LogP contribution in [0.25, 0.3) is 0 Å². The van der Waals surface area contributed by atoms with Gasteiger partial charge in [0, 0.05) is 52.2 Å². The lowest BCUT2D eigenvalue weighted by molar-refractivity contribution is -0.406. The molecule has 0 radical (unpaired) electrons. The Morgan fingerprint density at radius 1 is 1.13 bits per heavy atom. The van der Waals surface area contributed by atoms with Crippen LogP contribution in [-0.2, 0) is 23.7 Å². The number of ether oxygens (including phenoxy) is 5. The van der Waals surface area contributed by atoms with Gasteiger partial charge >= 0.3 is 0 Å². The molecule has 8 nitrogen and oxygen atoms in total. The van der Waals surface area contributed by atoms with E-state index in [1.807, 2.05) is 0 Å². The Morgan fingerprint density at radius 2 is 1.96 bits per heavy atom. The van der Waals surface area contributed by atoms with Gasteiger partial charge in [-0.05, 0) is 0 Å². The Balaban J connectivity index is 1.64. The number of rotatable bonds is 5. The first kappa shape index (κ1) is 17.5. The standard InChI is InChI=1S/C15H26O8/c1-19-13-6-10-5-11(20-13)8-15(22-10)7-9(17)4-14(23-15)21-12(18)2-3-16/h9-14,16-18H,2-8H2,1H3/t9-,10+,11+,12-,13?,14+,15+/m0/s1. The van der Waals surface area contributed by atoms with Crippen molar-refractivity contribution in [1.82, 2.24) is 0 Å². The van der Waals surface area contributed by atoms with Gasteiger partial charge in [0.1, 0.15) is 0 Å². The van der Waals surface area contributed by atoms with Crippen LogP contribution in [0, 0.1) is 0 Å². The Labute approximate surface area is 135 Å². The summed E-state index contributed by atoms with van der Waals surface area (Å²) >= 11 is 0. The van der Waals surface area contributed by atoms with Gasteiger partial charge in [-0.3, -0.25) is 0 Å². The second kappa shape index (κ2) is 7.28. The summed E-state index contributed by atoms with van der Waals surface area (Å²) in [5.74, 6) is -0.965. The molecule has 0 aromatic heterocycles. The molecule has 1 spiro atoms. The zero-order valence-electron chi connectivity index (χ0n) is 13.3. The average molecular weight is 334 g/mol. The van der Waals surface area contributed by atoms with Crippen molar-refractivity contribution < 1.29 is 39.0 Å². The van der Waals surface area contributed by atoms with E-state index >= 15 is 0 Å². The lowest BCUT2D eigenvalue weighted by Gasteiger charge is -2.51. The fraction of sp³-hybridized carbons (Fsp3) is 1.00. The zero-order valence-corrected chi connectivity index (χ0v) is 13.3. The minimum atomic E-state index is -1.13. The molecule has 3 aliphatic heterocycles. The molecule has 8 heteroatoms. The third-order valence-corrected chi connectivity index (χ3v) is 4.55. The molecule has 0 aromatic rings. The van der Waals surface area contributed by atoms with E-state index in [1.54, 1.807) is 7.11 Å². The number of aliphatic hydroxyl groups is 3. The van der Waals surface area contributed by atoms with Gasteiger partial charge in [0.25, 0.3) is 0 Å². The Hall–Kier alpha value is -0.320. The highest BCUT2D eigenvalue weighted by atomic mass is 16.8. The van der Waals surface area contributed by atoms with Crippen LogP contribution in [-0.4, -0.2) is 72.0 Å². The molecule has 7 atom stereocenters. The van der Waals surface area contributed by atoms with Crippen LogP contribution in [0.15, 0.2) is 0 Å². The van der Waals surface area contributed by atoms with Gasteiger partial charge in [-0.15, -0.1) is 0 Å². The molecule has 3 rings (SSSR count). The van der Waals surface area contributed by atoms with Crippen molar-refractivity contribution in [2.45, 2.75) is 81.5 Å². The normalized spacial score (nSPS) is 45.1. The maximum Gasteiger partial charge on any atom is 0.176 e. The molecule has 3 fully saturated rings. The largest absolute Gasteiger partial charge is 0.396 e. The van der Waals surface area contributed by atoms with Crippen molar-refractivity contribution in [2.24, 2.45) is 0 Å². The third-order valence-electron chi connectivity index (χ3n) is 4.55. The van der Waals surface area contributed by atoms with Gasteiger partial charge in [0.2, 0.25) is 0 Å². The maximum atomic E-state index is 10.2. The van der Waals surface area contributed by atoms with E-state index in [0.29, 0.717) is 19.3 Å². The van der Waals surface area contributed by atoms with Gasteiger partial charge in [-0.1, -0.05) is 0 Å². The van der Waals surface area contributed by atoms with Crippen LogP contribution >= 0.6 is 0 Å². The molecule has 134 valence electrons. The molecule has 3 N–H and O–H groups in total. The predicted octanol–water partition coefficient (Wildman–Crippen LogP) is -0.162. The minimum absolute atomic E-state index is 0.0548. The zero-order chi connectivity index (χ0) is 16.4. The summed E-state index contributed by atoms with van der Waals surface area (Å²) in [6.45, 7) is -0.186. The maximum absolute atomic E-state index is 10.2. The van der Waals surface area contributed by atoms with Crippen molar-refractivity contribution in [1.29, 1.82) is 0 Å². The van der Waals surface area contributed by atoms with Gasteiger partial charge in [0.15, 0.2) is 24.7 Å². The SMILES string of the molecule is COC1C[C@H]2C[C@H](C[C@]3(C[C@@H](O)C[C@H](O[C@H](O)CCO)O3)O2)O1. The number of hydrogen-bond acceptors (Lipinski definition) is 8. The van der Waals surface area contributed by atoms with E-state index in [-0.39, 0.29) is 37.9 Å². The van der Waals surface area contributed by atoms with Crippen LogP contribution in [0.2, 0.25) is 0 Å². The number of aliphatic hydroxyl groups excluding tert-OH is 3. The van der Waals surface area contributed by atoms with Crippen molar-refractivity contribution in [3.63, 3.8) is 0 Å². The van der Waals surface area contributed by atoms with Gasteiger partial charge in [0.05, 0.1) is 18.3 Å². The fourth-order valence-corrected chi connectivity index (χ4v) is 3.65. The molecule has 0 aliphatic carbocycles. The second-order valence-electron chi connectivity index (χ2n) is 6.49. The number of hydrogen-bond donors (Lipinski definition) is 3.